The molecule has 1 heterocycles. The molecule has 2 atom stereocenters. The molecule has 0 aromatic carbocycles. The molecule has 0 aromatic heterocycles. The lowest BCUT2D eigenvalue weighted by atomic mass is 10.0. The van der Waals surface area contributed by atoms with Crippen molar-refractivity contribution in [1.29, 1.82) is 0 Å². The summed E-state index contributed by atoms with van der Waals surface area (Å²) in [6.45, 7) is 13.8. The lowest BCUT2D eigenvalue weighted by molar-refractivity contribution is -0.132. The van der Waals surface area contributed by atoms with Gasteiger partial charge in [-0.05, 0) is 31.8 Å². The lowest BCUT2D eigenvalue weighted by Gasteiger charge is -2.22. The van der Waals surface area contributed by atoms with Crippen LogP contribution in [-0.2, 0) is 9.53 Å². The van der Waals surface area contributed by atoms with E-state index in [1.165, 1.54) is 0 Å². The van der Waals surface area contributed by atoms with Gasteiger partial charge in [0.05, 0.1) is 18.8 Å². The fourth-order valence-electron chi connectivity index (χ4n) is 2.80. The van der Waals surface area contributed by atoms with Crippen LogP contribution in [0.3, 0.4) is 0 Å². The molecule has 1 amide bonds. The van der Waals surface area contributed by atoms with Crippen LogP contribution in [0.25, 0.3) is 0 Å². The number of hydrogen-bond donors (Lipinski definition) is 1. The summed E-state index contributed by atoms with van der Waals surface area (Å²) >= 11 is 0. The SMILES string of the molecule is CCN(CC)CCOC1CCN(C(=O)[C@@H](N)CC(C)C)C1. The van der Waals surface area contributed by atoms with Gasteiger partial charge in [0.2, 0.25) is 5.91 Å². The molecule has 124 valence electrons. The van der Waals surface area contributed by atoms with Crippen molar-refractivity contribution in [3.05, 3.63) is 0 Å². The Bertz CT molecular complexity index is 306. The first-order chi connectivity index (χ1) is 9.97. The van der Waals surface area contributed by atoms with Crippen LogP contribution >= 0.6 is 0 Å². The Morgan fingerprint density at radius 3 is 2.62 bits per heavy atom. The highest BCUT2D eigenvalue weighted by Gasteiger charge is 2.29. The van der Waals surface area contributed by atoms with Crippen molar-refractivity contribution in [2.75, 3.05) is 39.3 Å². The number of hydrogen-bond acceptors (Lipinski definition) is 4. The number of carbonyl (C=O) groups is 1. The lowest BCUT2D eigenvalue weighted by Crippen LogP contribution is -2.43. The molecular formula is C16H33N3O2. The van der Waals surface area contributed by atoms with Gasteiger partial charge in [0.1, 0.15) is 0 Å². The molecule has 5 nitrogen and oxygen atoms in total. The van der Waals surface area contributed by atoms with E-state index in [2.05, 4.69) is 32.6 Å². The maximum absolute atomic E-state index is 12.2. The third kappa shape index (κ3) is 6.32. The minimum Gasteiger partial charge on any atom is -0.375 e. The molecule has 0 bridgehead atoms. The zero-order valence-electron chi connectivity index (χ0n) is 14.2. The minimum atomic E-state index is -0.362. The van der Waals surface area contributed by atoms with Gasteiger partial charge in [-0.2, -0.15) is 0 Å². The van der Waals surface area contributed by atoms with E-state index in [0.717, 1.165) is 45.6 Å². The van der Waals surface area contributed by atoms with Gasteiger partial charge in [0.25, 0.3) is 0 Å². The molecule has 0 spiro atoms. The van der Waals surface area contributed by atoms with E-state index in [0.29, 0.717) is 12.5 Å². The summed E-state index contributed by atoms with van der Waals surface area (Å²) in [7, 11) is 0. The van der Waals surface area contributed by atoms with Gasteiger partial charge in [0, 0.05) is 19.6 Å². The molecule has 0 radical (unpaired) electrons. The molecule has 0 aromatic rings. The summed E-state index contributed by atoms with van der Waals surface area (Å²) in [5, 5.41) is 0. The fraction of sp³-hybridized carbons (Fsp3) is 0.938. The Morgan fingerprint density at radius 2 is 2.05 bits per heavy atom. The van der Waals surface area contributed by atoms with E-state index in [9.17, 15) is 4.79 Å². The molecule has 21 heavy (non-hydrogen) atoms. The molecule has 5 heteroatoms. The maximum atomic E-state index is 12.2. The summed E-state index contributed by atoms with van der Waals surface area (Å²) in [6.07, 6.45) is 1.86. The number of nitrogens with zero attached hydrogens (tertiary/aromatic N) is 2. The number of likely N-dealkylation sites (N-methyl/N-ethyl adjacent to an activating group) is 1. The van der Waals surface area contributed by atoms with Crippen molar-refractivity contribution in [2.24, 2.45) is 11.7 Å². The standard InChI is InChI=1S/C16H33N3O2/c1-5-18(6-2)9-10-21-14-7-8-19(12-14)16(20)15(17)11-13(3)4/h13-15H,5-12,17H2,1-4H3/t14?,15-/m0/s1. The Labute approximate surface area is 129 Å². The van der Waals surface area contributed by atoms with Crippen molar-refractivity contribution >= 4 is 5.91 Å². The van der Waals surface area contributed by atoms with Crippen molar-refractivity contribution in [3.63, 3.8) is 0 Å². The molecule has 1 unspecified atom stereocenters. The summed E-state index contributed by atoms with van der Waals surface area (Å²) in [6, 6.07) is -0.362. The first-order valence-corrected chi connectivity index (χ1v) is 8.36. The molecule has 1 aliphatic heterocycles. The molecule has 1 aliphatic rings. The predicted molar refractivity (Wildman–Crippen MR) is 86.2 cm³/mol. The van der Waals surface area contributed by atoms with E-state index in [1.807, 2.05) is 4.90 Å². The molecule has 1 fully saturated rings. The van der Waals surface area contributed by atoms with Gasteiger partial charge in [-0.3, -0.25) is 4.79 Å². The zero-order chi connectivity index (χ0) is 15.8. The van der Waals surface area contributed by atoms with Crippen LogP contribution in [0.15, 0.2) is 0 Å². The van der Waals surface area contributed by atoms with Crippen molar-refractivity contribution in [2.45, 2.75) is 52.7 Å². The molecule has 1 rings (SSSR count). The number of likely N-dealkylation sites (tertiary alicyclic amines) is 1. The number of carbonyl (C=O) groups excluding carboxylic acids is 1. The average Bonchev–Trinajstić information content (AvgIpc) is 2.90. The number of rotatable bonds is 9. The van der Waals surface area contributed by atoms with Crippen LogP contribution in [0.5, 0.6) is 0 Å². The van der Waals surface area contributed by atoms with Crippen LogP contribution in [0.2, 0.25) is 0 Å². The van der Waals surface area contributed by atoms with E-state index in [1.54, 1.807) is 0 Å². The second-order valence-corrected chi connectivity index (χ2v) is 6.33. The highest BCUT2D eigenvalue weighted by Crippen LogP contribution is 2.15. The summed E-state index contributed by atoms with van der Waals surface area (Å²) in [4.78, 5) is 16.5. The average molecular weight is 299 g/mol. The first-order valence-electron chi connectivity index (χ1n) is 8.36. The highest BCUT2D eigenvalue weighted by atomic mass is 16.5. The summed E-state index contributed by atoms with van der Waals surface area (Å²) in [5.41, 5.74) is 5.98. The minimum absolute atomic E-state index is 0.0820. The second kappa shape index (κ2) is 9.38. The predicted octanol–water partition coefficient (Wildman–Crippen LogP) is 1.32. The fourth-order valence-corrected chi connectivity index (χ4v) is 2.80. The topological polar surface area (TPSA) is 58.8 Å². The van der Waals surface area contributed by atoms with Crippen LogP contribution in [0.4, 0.5) is 0 Å². The quantitative estimate of drug-likeness (QED) is 0.697. The Kier molecular flexibility index (Phi) is 8.22. The van der Waals surface area contributed by atoms with E-state index in [4.69, 9.17) is 10.5 Å². The molecule has 0 aliphatic carbocycles. The van der Waals surface area contributed by atoms with Crippen molar-refractivity contribution < 1.29 is 9.53 Å². The normalized spacial score (nSPS) is 20.5. The van der Waals surface area contributed by atoms with Crippen LogP contribution in [0, 0.1) is 5.92 Å². The highest BCUT2D eigenvalue weighted by molar-refractivity contribution is 5.81. The monoisotopic (exact) mass is 299 g/mol. The third-order valence-corrected chi connectivity index (χ3v) is 4.15. The molecular weight excluding hydrogens is 266 g/mol. The largest absolute Gasteiger partial charge is 0.375 e. The molecule has 0 saturated carbocycles. The van der Waals surface area contributed by atoms with Gasteiger partial charge < -0.3 is 20.3 Å². The number of ether oxygens (including phenoxy) is 1. The first kappa shape index (κ1) is 18.4. The number of amides is 1. The van der Waals surface area contributed by atoms with Crippen LogP contribution in [0.1, 0.15) is 40.5 Å². The van der Waals surface area contributed by atoms with Crippen LogP contribution in [-0.4, -0.2) is 67.2 Å². The van der Waals surface area contributed by atoms with Gasteiger partial charge in [-0.1, -0.05) is 27.7 Å². The zero-order valence-corrected chi connectivity index (χ0v) is 14.2. The molecule has 1 saturated heterocycles. The molecule has 2 N–H and O–H groups in total. The van der Waals surface area contributed by atoms with Crippen molar-refractivity contribution in [3.8, 4) is 0 Å². The van der Waals surface area contributed by atoms with Gasteiger partial charge in [0.15, 0.2) is 0 Å². The Balaban J connectivity index is 2.27. The van der Waals surface area contributed by atoms with E-state index in [-0.39, 0.29) is 18.1 Å². The van der Waals surface area contributed by atoms with Crippen LogP contribution < -0.4 is 5.73 Å². The third-order valence-electron chi connectivity index (χ3n) is 4.15. The Morgan fingerprint density at radius 1 is 1.38 bits per heavy atom. The Hall–Kier alpha value is -0.650. The smallest absolute Gasteiger partial charge is 0.239 e. The maximum Gasteiger partial charge on any atom is 0.239 e. The summed E-state index contributed by atoms with van der Waals surface area (Å²) < 4.78 is 5.90. The van der Waals surface area contributed by atoms with Gasteiger partial charge >= 0.3 is 0 Å². The van der Waals surface area contributed by atoms with E-state index < -0.39 is 0 Å². The van der Waals surface area contributed by atoms with Gasteiger partial charge in [-0.25, -0.2) is 0 Å². The summed E-state index contributed by atoms with van der Waals surface area (Å²) in [5.74, 6) is 0.534. The number of nitrogens with two attached hydrogens (primary N) is 1. The van der Waals surface area contributed by atoms with Crippen molar-refractivity contribution in [1.82, 2.24) is 9.80 Å². The second-order valence-electron chi connectivity index (χ2n) is 6.33. The van der Waals surface area contributed by atoms with E-state index >= 15 is 0 Å². The van der Waals surface area contributed by atoms with Gasteiger partial charge in [-0.15, -0.1) is 0 Å².